The Kier molecular flexibility index (Phi) is 8.12. The largest absolute Gasteiger partial charge is 0.482 e. The molecule has 0 spiro atoms. The third-order valence-corrected chi connectivity index (χ3v) is 8.31. The van der Waals surface area contributed by atoms with Crippen LogP contribution in [0.5, 0.6) is 5.75 Å². The second-order valence-corrected chi connectivity index (χ2v) is 11.3. The van der Waals surface area contributed by atoms with Gasteiger partial charge in [0.25, 0.3) is 5.91 Å². The van der Waals surface area contributed by atoms with Crippen molar-refractivity contribution in [2.45, 2.75) is 32.7 Å². The number of likely N-dealkylation sites (tertiary alicyclic amines) is 1. The first kappa shape index (κ1) is 27.7. The minimum atomic E-state index is -0.196. The molecule has 0 saturated carbocycles. The molecule has 40 heavy (non-hydrogen) atoms. The first-order chi connectivity index (χ1) is 19.2. The van der Waals surface area contributed by atoms with Crippen molar-refractivity contribution in [1.82, 2.24) is 9.80 Å². The lowest BCUT2D eigenvalue weighted by Crippen LogP contribution is -2.47. The molecule has 3 aromatic carbocycles. The predicted molar refractivity (Wildman–Crippen MR) is 161 cm³/mol. The van der Waals surface area contributed by atoms with E-state index < -0.39 is 0 Å². The van der Waals surface area contributed by atoms with Crippen LogP contribution in [0.15, 0.2) is 60.7 Å². The molecule has 0 aromatic heterocycles. The summed E-state index contributed by atoms with van der Waals surface area (Å²) < 4.78 is 5.69. The van der Waals surface area contributed by atoms with E-state index in [1.54, 1.807) is 4.90 Å². The van der Waals surface area contributed by atoms with E-state index in [4.69, 9.17) is 4.74 Å². The fraction of sp³-hybridized carbons (Fsp3) is 0.394. The lowest BCUT2D eigenvalue weighted by Gasteiger charge is -2.35. The number of amides is 2. The van der Waals surface area contributed by atoms with E-state index in [-0.39, 0.29) is 31.0 Å². The Morgan fingerprint density at radius 2 is 1.50 bits per heavy atom. The van der Waals surface area contributed by atoms with Crippen molar-refractivity contribution in [3.63, 3.8) is 0 Å². The molecule has 1 unspecified atom stereocenters. The molecule has 0 radical (unpaired) electrons. The normalized spacial score (nSPS) is 15.9. The molecule has 7 nitrogen and oxygen atoms in total. The predicted octanol–water partition coefficient (Wildman–Crippen LogP) is 5.06. The molecular weight excluding hydrogens is 500 g/mol. The summed E-state index contributed by atoms with van der Waals surface area (Å²) in [6.07, 6.45) is 2.37. The topological polar surface area (TPSA) is 56.3 Å². The molecule has 5 rings (SSSR count). The van der Waals surface area contributed by atoms with Gasteiger partial charge in [0.05, 0.1) is 11.7 Å². The monoisotopic (exact) mass is 540 g/mol. The van der Waals surface area contributed by atoms with Crippen LogP contribution < -0.4 is 14.5 Å². The van der Waals surface area contributed by atoms with Gasteiger partial charge in [0.2, 0.25) is 5.91 Å². The van der Waals surface area contributed by atoms with Gasteiger partial charge >= 0.3 is 0 Å². The Morgan fingerprint density at radius 3 is 2.12 bits per heavy atom. The number of nitrogens with zero attached hydrogens (tertiary/aromatic N) is 4. The van der Waals surface area contributed by atoms with E-state index in [1.807, 2.05) is 52.0 Å². The molecule has 1 saturated heterocycles. The van der Waals surface area contributed by atoms with Crippen molar-refractivity contribution in [3.05, 3.63) is 77.4 Å². The number of anilines is 2. The summed E-state index contributed by atoms with van der Waals surface area (Å²) in [7, 11) is 5.94. The van der Waals surface area contributed by atoms with Crippen LogP contribution in [0.25, 0.3) is 11.1 Å². The van der Waals surface area contributed by atoms with Crippen LogP contribution >= 0.6 is 0 Å². The average Bonchev–Trinajstić information content (AvgIpc) is 3.47. The molecule has 1 fully saturated rings. The van der Waals surface area contributed by atoms with Gasteiger partial charge in [-0.2, -0.15) is 0 Å². The molecule has 0 N–H and O–H groups in total. The number of hydrogen-bond donors (Lipinski definition) is 0. The van der Waals surface area contributed by atoms with Gasteiger partial charge < -0.3 is 19.4 Å². The zero-order valence-electron chi connectivity index (χ0n) is 24.3. The van der Waals surface area contributed by atoms with Crippen molar-refractivity contribution in [2.75, 3.05) is 63.7 Å². The highest BCUT2D eigenvalue weighted by atomic mass is 16.5. The van der Waals surface area contributed by atoms with Gasteiger partial charge in [-0.05, 0) is 91.9 Å². The highest BCUT2D eigenvalue weighted by molar-refractivity contribution is 6.02. The number of likely N-dealkylation sites (N-methyl/N-ethyl adjacent to an activating group) is 1. The van der Waals surface area contributed by atoms with Crippen molar-refractivity contribution in [1.29, 1.82) is 0 Å². The number of hydrogen-bond acceptors (Lipinski definition) is 5. The van der Waals surface area contributed by atoms with Crippen LogP contribution in [0.4, 0.5) is 11.4 Å². The smallest absolute Gasteiger partial charge is 0.265 e. The highest BCUT2D eigenvalue weighted by Gasteiger charge is 2.32. The summed E-state index contributed by atoms with van der Waals surface area (Å²) in [5.41, 5.74) is 7.39. The van der Waals surface area contributed by atoms with Crippen LogP contribution in [0.1, 0.15) is 35.6 Å². The molecule has 2 heterocycles. The number of carbonyl (C=O) groups excluding carboxylic acids is 2. The molecule has 2 amide bonds. The molecule has 210 valence electrons. The van der Waals surface area contributed by atoms with Crippen molar-refractivity contribution >= 4 is 23.2 Å². The van der Waals surface area contributed by atoms with Gasteiger partial charge in [-0.3, -0.25) is 14.5 Å². The minimum Gasteiger partial charge on any atom is -0.482 e. The first-order valence-electron chi connectivity index (χ1n) is 14.1. The van der Waals surface area contributed by atoms with E-state index in [9.17, 15) is 9.59 Å². The van der Waals surface area contributed by atoms with Crippen LogP contribution in [0.3, 0.4) is 0 Å². The first-order valence-corrected chi connectivity index (χ1v) is 14.1. The molecule has 7 heteroatoms. The van der Waals surface area contributed by atoms with Gasteiger partial charge in [-0.15, -0.1) is 0 Å². The van der Waals surface area contributed by atoms with Gasteiger partial charge in [0.1, 0.15) is 12.3 Å². The Hall–Kier alpha value is -3.84. The number of aryl methyl sites for hydroxylation is 2. The van der Waals surface area contributed by atoms with E-state index >= 15 is 0 Å². The summed E-state index contributed by atoms with van der Waals surface area (Å²) in [6, 6.07) is 20.9. The Balaban J connectivity index is 1.38. The fourth-order valence-corrected chi connectivity index (χ4v) is 5.56. The molecule has 3 aromatic rings. The summed E-state index contributed by atoms with van der Waals surface area (Å²) in [5.74, 6) is 0.367. The summed E-state index contributed by atoms with van der Waals surface area (Å²) in [5, 5.41) is 0. The van der Waals surface area contributed by atoms with E-state index in [0.29, 0.717) is 11.4 Å². The highest BCUT2D eigenvalue weighted by Crippen LogP contribution is 2.35. The summed E-state index contributed by atoms with van der Waals surface area (Å²) in [6.45, 7) is 6.82. The van der Waals surface area contributed by atoms with Crippen LogP contribution in [0, 0.1) is 13.8 Å². The Bertz CT molecular complexity index is 1360. The molecule has 2 aliphatic heterocycles. The van der Waals surface area contributed by atoms with Crippen molar-refractivity contribution < 1.29 is 14.3 Å². The molecule has 0 bridgehead atoms. The Morgan fingerprint density at radius 1 is 0.900 bits per heavy atom. The third-order valence-electron chi connectivity index (χ3n) is 8.31. The quantitative estimate of drug-likeness (QED) is 0.400. The standard InChI is InChI=1S/C33H40N4O3/c1-23-18-29-31(19-24(23)2)40-22-33(39)37(29)21-32(38)35(5)30(20-36-16-6-7-17-36)27-10-8-25(9-11-27)26-12-14-28(15-13-26)34(3)4/h8-15,18-19,30H,6-7,16-17,20-22H2,1-5H3. The molecular formula is C33H40N4O3. The number of carbonyl (C=O) groups is 2. The summed E-state index contributed by atoms with van der Waals surface area (Å²) in [4.78, 5) is 34.6. The molecule has 2 aliphatic rings. The van der Waals surface area contributed by atoms with Crippen molar-refractivity contribution in [3.8, 4) is 16.9 Å². The number of benzene rings is 3. The van der Waals surface area contributed by atoms with Crippen LogP contribution in [-0.2, 0) is 9.59 Å². The van der Waals surface area contributed by atoms with Gasteiger partial charge in [-0.1, -0.05) is 36.4 Å². The third kappa shape index (κ3) is 5.85. The zero-order valence-corrected chi connectivity index (χ0v) is 24.3. The van der Waals surface area contributed by atoms with E-state index in [0.717, 1.165) is 53.1 Å². The lowest BCUT2D eigenvalue weighted by atomic mass is 9.99. The van der Waals surface area contributed by atoms with Gasteiger partial charge in [0.15, 0.2) is 6.61 Å². The SMILES string of the molecule is Cc1cc2c(cc1C)N(CC(=O)N(C)C(CN1CCCC1)c1ccc(-c3ccc(N(C)C)cc3)cc1)C(=O)CO2. The fourth-order valence-electron chi connectivity index (χ4n) is 5.56. The van der Waals surface area contributed by atoms with E-state index in [2.05, 4.69) is 58.3 Å². The van der Waals surface area contributed by atoms with Gasteiger partial charge in [0, 0.05) is 33.4 Å². The summed E-state index contributed by atoms with van der Waals surface area (Å²) >= 11 is 0. The molecule has 0 aliphatic carbocycles. The maximum atomic E-state index is 13.8. The van der Waals surface area contributed by atoms with Crippen LogP contribution in [-0.4, -0.2) is 75.5 Å². The molecule has 1 atom stereocenters. The maximum Gasteiger partial charge on any atom is 0.265 e. The Labute approximate surface area is 237 Å². The van der Waals surface area contributed by atoms with Gasteiger partial charge in [-0.25, -0.2) is 0 Å². The number of rotatable bonds is 8. The zero-order chi connectivity index (χ0) is 28.4. The number of ether oxygens (including phenoxy) is 1. The maximum absolute atomic E-state index is 13.8. The van der Waals surface area contributed by atoms with Crippen LogP contribution in [0.2, 0.25) is 0 Å². The average molecular weight is 541 g/mol. The minimum absolute atomic E-state index is 0.0129. The van der Waals surface area contributed by atoms with E-state index in [1.165, 1.54) is 12.8 Å². The second kappa shape index (κ2) is 11.7. The number of fused-ring (bicyclic) bond motifs is 1. The van der Waals surface area contributed by atoms with Crippen molar-refractivity contribution in [2.24, 2.45) is 0 Å². The lowest BCUT2D eigenvalue weighted by molar-refractivity contribution is -0.133. The second-order valence-electron chi connectivity index (χ2n) is 11.3.